The van der Waals surface area contributed by atoms with Gasteiger partial charge in [-0.3, -0.25) is 19.4 Å². The maximum absolute atomic E-state index is 12.1. The molecule has 2 aliphatic heterocycles. The Labute approximate surface area is 152 Å². The number of nitrogens with zero attached hydrogens (tertiary/aromatic N) is 2. The van der Waals surface area contributed by atoms with Gasteiger partial charge in [0, 0.05) is 31.2 Å². The van der Waals surface area contributed by atoms with E-state index in [2.05, 4.69) is 15.6 Å². The Kier molecular flexibility index (Phi) is 6.34. The Morgan fingerprint density at radius 3 is 2.92 bits per heavy atom. The normalized spacial score (nSPS) is 26.3. The van der Waals surface area contributed by atoms with Gasteiger partial charge in [0.05, 0.1) is 12.6 Å². The molecule has 0 aromatic carbocycles. The van der Waals surface area contributed by atoms with Crippen LogP contribution in [0.25, 0.3) is 0 Å². The van der Waals surface area contributed by atoms with Crippen LogP contribution in [0.2, 0.25) is 0 Å². The fraction of sp³-hybridized carbons (Fsp3) is 0.765. The summed E-state index contributed by atoms with van der Waals surface area (Å²) >= 11 is 1.70. The summed E-state index contributed by atoms with van der Waals surface area (Å²) < 4.78 is 0. The number of amidine groups is 1. The Balaban J connectivity index is 1.36. The Hall–Kier alpha value is -1.57. The van der Waals surface area contributed by atoms with Crippen LogP contribution in [-0.2, 0) is 14.4 Å². The molecule has 2 heterocycles. The molecule has 0 spiro atoms. The van der Waals surface area contributed by atoms with Gasteiger partial charge in [-0.1, -0.05) is 31.0 Å². The molecule has 2 N–H and O–H groups in total. The molecule has 7 nitrogen and oxygen atoms in total. The van der Waals surface area contributed by atoms with Gasteiger partial charge in [0.15, 0.2) is 5.17 Å². The molecular formula is C17H26N4O3S. The molecule has 138 valence electrons. The molecular weight excluding hydrogens is 340 g/mol. The van der Waals surface area contributed by atoms with E-state index in [4.69, 9.17) is 0 Å². The highest BCUT2D eigenvalue weighted by Crippen LogP contribution is 2.35. The summed E-state index contributed by atoms with van der Waals surface area (Å²) in [6, 6.07) is 0.356. The van der Waals surface area contributed by atoms with Crippen LogP contribution < -0.4 is 10.6 Å². The molecule has 3 rings (SSSR count). The van der Waals surface area contributed by atoms with Crippen molar-refractivity contribution in [1.82, 2.24) is 15.5 Å². The standard InChI is InChI=1S/C17H26N4O3S/c22-14(7-4-8-16(24)21-10-9-18-15(23)11-21)20-17-19-12-5-2-1-3-6-13(12)25-17/h12-13H,1-11H2,(H,18,23)(H,19,20,22)/t12-,13-/m1/s1. The summed E-state index contributed by atoms with van der Waals surface area (Å²) in [5.41, 5.74) is 0. The van der Waals surface area contributed by atoms with E-state index in [0.717, 1.165) is 11.6 Å². The van der Waals surface area contributed by atoms with Crippen molar-refractivity contribution >= 4 is 34.7 Å². The van der Waals surface area contributed by atoms with Crippen molar-refractivity contribution in [1.29, 1.82) is 0 Å². The van der Waals surface area contributed by atoms with Gasteiger partial charge in [-0.2, -0.15) is 0 Å². The summed E-state index contributed by atoms with van der Waals surface area (Å²) in [4.78, 5) is 41.7. The van der Waals surface area contributed by atoms with Crippen molar-refractivity contribution in [2.24, 2.45) is 4.99 Å². The number of nitrogens with one attached hydrogen (secondary N) is 2. The summed E-state index contributed by atoms with van der Waals surface area (Å²) in [5, 5.41) is 6.86. The minimum atomic E-state index is -0.120. The van der Waals surface area contributed by atoms with Gasteiger partial charge < -0.3 is 15.5 Å². The number of carbonyl (C=O) groups excluding carboxylic acids is 3. The molecule has 3 amide bonds. The topological polar surface area (TPSA) is 90.9 Å². The Morgan fingerprint density at radius 1 is 1.24 bits per heavy atom. The highest BCUT2D eigenvalue weighted by atomic mass is 32.2. The van der Waals surface area contributed by atoms with Gasteiger partial charge in [0.2, 0.25) is 17.7 Å². The first-order chi connectivity index (χ1) is 12.1. The van der Waals surface area contributed by atoms with E-state index in [-0.39, 0.29) is 24.3 Å². The number of rotatable bonds is 4. The van der Waals surface area contributed by atoms with Crippen molar-refractivity contribution in [3.8, 4) is 0 Å². The van der Waals surface area contributed by atoms with Crippen LogP contribution in [0.5, 0.6) is 0 Å². The van der Waals surface area contributed by atoms with Gasteiger partial charge in [-0.15, -0.1) is 0 Å². The maximum Gasteiger partial charge on any atom is 0.239 e. The van der Waals surface area contributed by atoms with E-state index < -0.39 is 0 Å². The fourth-order valence-corrected chi connectivity index (χ4v) is 4.81. The van der Waals surface area contributed by atoms with E-state index >= 15 is 0 Å². The lowest BCUT2D eigenvalue weighted by molar-refractivity contribution is -0.138. The lowest BCUT2D eigenvalue weighted by Crippen LogP contribution is -2.49. The second-order valence-electron chi connectivity index (χ2n) is 6.86. The molecule has 3 aliphatic rings. The number of fused-ring (bicyclic) bond motifs is 1. The van der Waals surface area contributed by atoms with Crippen LogP contribution >= 0.6 is 11.8 Å². The van der Waals surface area contributed by atoms with Crippen molar-refractivity contribution < 1.29 is 14.4 Å². The molecule has 0 aromatic rings. The molecule has 0 radical (unpaired) electrons. The summed E-state index contributed by atoms with van der Waals surface area (Å²) in [7, 11) is 0. The minimum Gasteiger partial charge on any atom is -0.353 e. The number of amides is 3. The number of carbonyl (C=O) groups is 3. The molecule has 1 saturated heterocycles. The first-order valence-corrected chi connectivity index (χ1v) is 10.1. The van der Waals surface area contributed by atoms with Crippen molar-refractivity contribution in [3.63, 3.8) is 0 Å². The lowest BCUT2D eigenvalue weighted by Gasteiger charge is -2.26. The maximum atomic E-state index is 12.1. The number of hydrogen-bond donors (Lipinski definition) is 2. The van der Waals surface area contributed by atoms with E-state index in [0.29, 0.717) is 43.6 Å². The molecule has 8 heteroatoms. The third kappa shape index (κ3) is 5.20. The summed E-state index contributed by atoms with van der Waals surface area (Å²) in [6.07, 6.45) is 7.16. The number of piperazine rings is 1. The van der Waals surface area contributed by atoms with E-state index in [1.165, 1.54) is 25.7 Å². The van der Waals surface area contributed by atoms with E-state index in [1.807, 2.05) is 0 Å². The van der Waals surface area contributed by atoms with Crippen LogP contribution in [0.15, 0.2) is 4.99 Å². The zero-order chi connectivity index (χ0) is 17.6. The predicted molar refractivity (Wildman–Crippen MR) is 97.3 cm³/mol. The number of aliphatic imine (C=N–C) groups is 1. The Morgan fingerprint density at radius 2 is 2.08 bits per heavy atom. The predicted octanol–water partition coefficient (Wildman–Crippen LogP) is 1.04. The van der Waals surface area contributed by atoms with Crippen molar-refractivity contribution in [2.75, 3.05) is 19.6 Å². The quantitative estimate of drug-likeness (QED) is 0.778. The molecule has 2 fully saturated rings. The third-order valence-corrected chi connectivity index (χ3v) is 6.18. The highest BCUT2D eigenvalue weighted by Gasteiger charge is 2.31. The molecule has 1 saturated carbocycles. The number of thioether (sulfide) groups is 1. The minimum absolute atomic E-state index is 0.0579. The van der Waals surface area contributed by atoms with Gasteiger partial charge in [0.25, 0.3) is 0 Å². The highest BCUT2D eigenvalue weighted by molar-refractivity contribution is 8.14. The fourth-order valence-electron chi connectivity index (χ4n) is 3.52. The zero-order valence-corrected chi connectivity index (χ0v) is 15.3. The largest absolute Gasteiger partial charge is 0.353 e. The monoisotopic (exact) mass is 366 g/mol. The summed E-state index contributed by atoms with van der Waals surface area (Å²) in [5.74, 6) is -0.254. The van der Waals surface area contributed by atoms with Gasteiger partial charge in [0.1, 0.15) is 0 Å². The summed E-state index contributed by atoms with van der Waals surface area (Å²) in [6.45, 7) is 1.18. The van der Waals surface area contributed by atoms with Crippen LogP contribution in [-0.4, -0.2) is 58.7 Å². The smallest absolute Gasteiger partial charge is 0.239 e. The average Bonchev–Trinajstić information content (AvgIpc) is 2.83. The van der Waals surface area contributed by atoms with Crippen LogP contribution in [0.3, 0.4) is 0 Å². The van der Waals surface area contributed by atoms with E-state index in [1.54, 1.807) is 16.7 Å². The van der Waals surface area contributed by atoms with Gasteiger partial charge in [-0.25, -0.2) is 0 Å². The lowest BCUT2D eigenvalue weighted by atomic mass is 10.1. The van der Waals surface area contributed by atoms with Crippen LogP contribution in [0.4, 0.5) is 0 Å². The second-order valence-corrected chi connectivity index (χ2v) is 8.09. The third-order valence-electron chi connectivity index (χ3n) is 4.90. The van der Waals surface area contributed by atoms with Gasteiger partial charge >= 0.3 is 0 Å². The first kappa shape index (κ1) is 18.2. The molecule has 0 unspecified atom stereocenters. The van der Waals surface area contributed by atoms with Crippen LogP contribution in [0.1, 0.15) is 51.4 Å². The molecule has 0 aromatic heterocycles. The first-order valence-electron chi connectivity index (χ1n) is 9.20. The molecule has 2 atom stereocenters. The average molecular weight is 366 g/mol. The zero-order valence-electron chi connectivity index (χ0n) is 14.5. The second kappa shape index (κ2) is 8.69. The number of hydrogen-bond acceptors (Lipinski definition) is 5. The molecule has 25 heavy (non-hydrogen) atoms. The van der Waals surface area contributed by atoms with Crippen molar-refractivity contribution in [3.05, 3.63) is 0 Å². The molecule has 1 aliphatic carbocycles. The van der Waals surface area contributed by atoms with E-state index in [9.17, 15) is 14.4 Å². The van der Waals surface area contributed by atoms with Gasteiger partial charge in [-0.05, 0) is 19.3 Å². The SMILES string of the molecule is O=C1CN(C(=O)CCCC(=O)NC2=N[C@@H]3CCCCC[C@H]3S2)CCN1. The van der Waals surface area contributed by atoms with Crippen molar-refractivity contribution in [2.45, 2.75) is 62.7 Å². The van der Waals surface area contributed by atoms with Crippen LogP contribution in [0, 0.1) is 0 Å². The molecule has 0 bridgehead atoms. The Bertz CT molecular complexity index is 566.